The molecule has 174 valence electrons. The number of aromatic nitrogens is 1. The molecule has 34 heavy (non-hydrogen) atoms. The molecule has 6 heteroatoms. The summed E-state index contributed by atoms with van der Waals surface area (Å²) in [6.45, 7) is 6.51. The Labute approximate surface area is 198 Å². The highest BCUT2D eigenvalue weighted by atomic mass is 16.6. The van der Waals surface area contributed by atoms with Gasteiger partial charge in [0.1, 0.15) is 11.4 Å². The molecule has 0 radical (unpaired) electrons. The lowest BCUT2D eigenvalue weighted by atomic mass is 9.56. The van der Waals surface area contributed by atoms with Crippen LogP contribution in [0.25, 0.3) is 33.6 Å². The summed E-state index contributed by atoms with van der Waals surface area (Å²) in [5, 5.41) is 0.866. The lowest BCUT2D eigenvalue weighted by Crippen LogP contribution is -2.53. The van der Waals surface area contributed by atoms with Crippen LogP contribution in [0.3, 0.4) is 0 Å². The Hall–Kier alpha value is -3.80. The molecule has 2 aromatic heterocycles. The number of pyridine rings is 1. The molecule has 1 amide bonds. The van der Waals surface area contributed by atoms with E-state index in [9.17, 15) is 4.79 Å². The number of primary amides is 1. The largest absolute Gasteiger partial charge is 0.438 e. The summed E-state index contributed by atoms with van der Waals surface area (Å²) < 4.78 is 12.0. The van der Waals surface area contributed by atoms with Gasteiger partial charge in [-0.05, 0) is 35.4 Å². The zero-order chi connectivity index (χ0) is 24.1. The second kappa shape index (κ2) is 7.90. The van der Waals surface area contributed by atoms with Crippen LogP contribution in [0, 0.1) is 11.3 Å². The van der Waals surface area contributed by atoms with Crippen LogP contribution >= 0.6 is 0 Å². The van der Waals surface area contributed by atoms with Gasteiger partial charge in [-0.25, -0.2) is 9.78 Å². The molecule has 1 saturated carbocycles. The normalized spacial score (nSPS) is 20.1. The summed E-state index contributed by atoms with van der Waals surface area (Å²) >= 11 is 0. The van der Waals surface area contributed by atoms with Gasteiger partial charge in [0.15, 0.2) is 0 Å². The van der Waals surface area contributed by atoms with Crippen molar-refractivity contribution in [1.82, 2.24) is 4.98 Å². The van der Waals surface area contributed by atoms with Crippen LogP contribution in [0.4, 0.5) is 10.5 Å². The Morgan fingerprint density at radius 2 is 1.79 bits per heavy atom. The molecule has 1 fully saturated rings. The van der Waals surface area contributed by atoms with E-state index in [-0.39, 0.29) is 11.3 Å². The fourth-order valence-electron chi connectivity index (χ4n) is 5.39. The van der Waals surface area contributed by atoms with E-state index in [1.165, 1.54) is 0 Å². The molecule has 2 heterocycles. The van der Waals surface area contributed by atoms with E-state index in [1.807, 2.05) is 60.7 Å². The van der Waals surface area contributed by atoms with E-state index in [0.29, 0.717) is 11.4 Å². The predicted octanol–water partition coefficient (Wildman–Crippen LogP) is 6.49. The highest BCUT2D eigenvalue weighted by Crippen LogP contribution is 2.57. The molecule has 1 aliphatic rings. The van der Waals surface area contributed by atoms with Crippen LogP contribution in [0.2, 0.25) is 0 Å². The zero-order valence-corrected chi connectivity index (χ0v) is 19.7. The van der Waals surface area contributed by atoms with Gasteiger partial charge < -0.3 is 20.6 Å². The molecule has 0 spiro atoms. The number of anilines is 1. The quantitative estimate of drug-likeness (QED) is 0.366. The van der Waals surface area contributed by atoms with E-state index in [4.69, 9.17) is 20.6 Å². The van der Waals surface area contributed by atoms with Crippen LogP contribution in [0.5, 0.6) is 0 Å². The third-order valence-corrected chi connectivity index (χ3v) is 6.96. The molecule has 6 nitrogen and oxygen atoms in total. The second-order valence-electron chi connectivity index (χ2n) is 10.1. The number of ether oxygens (including phenoxy) is 1. The van der Waals surface area contributed by atoms with Crippen LogP contribution in [-0.2, 0) is 10.3 Å². The van der Waals surface area contributed by atoms with Crippen molar-refractivity contribution in [3.63, 3.8) is 0 Å². The minimum Gasteiger partial charge on any atom is -0.438 e. The van der Waals surface area contributed by atoms with Crippen molar-refractivity contribution in [3.8, 4) is 22.5 Å². The molecule has 1 aliphatic carbocycles. The molecule has 0 saturated heterocycles. The molecule has 5 rings (SSSR count). The third-order valence-electron chi connectivity index (χ3n) is 6.96. The topological polar surface area (TPSA) is 104 Å². The number of carbonyl (C=O) groups excluding carboxylic acids is 1. The first-order valence-corrected chi connectivity index (χ1v) is 11.5. The third kappa shape index (κ3) is 3.59. The summed E-state index contributed by atoms with van der Waals surface area (Å²) in [5.41, 5.74) is 15.7. The maximum Gasteiger partial charge on any atom is 0.405 e. The number of benzene rings is 2. The Balaban J connectivity index is 1.62. The van der Waals surface area contributed by atoms with Crippen LogP contribution < -0.4 is 11.5 Å². The van der Waals surface area contributed by atoms with E-state index in [0.717, 1.165) is 46.2 Å². The molecule has 0 aliphatic heterocycles. The van der Waals surface area contributed by atoms with Crippen LogP contribution in [0.15, 0.2) is 71.3 Å². The van der Waals surface area contributed by atoms with Crippen molar-refractivity contribution in [3.05, 3.63) is 72.4 Å². The van der Waals surface area contributed by atoms with Crippen LogP contribution in [0.1, 0.15) is 39.2 Å². The highest BCUT2D eigenvalue weighted by Gasteiger charge is 2.55. The Bertz CT molecular complexity index is 1350. The number of hydrogen-bond acceptors (Lipinski definition) is 5. The fraction of sp³-hybridized carbons (Fsp3) is 0.286. The number of furan rings is 1. The number of amides is 1. The summed E-state index contributed by atoms with van der Waals surface area (Å²) in [5.74, 6) is 0.897. The van der Waals surface area contributed by atoms with Gasteiger partial charge in [0.2, 0.25) is 5.71 Å². The maximum atomic E-state index is 11.8. The highest BCUT2D eigenvalue weighted by molar-refractivity contribution is 6.01. The first kappa shape index (κ1) is 22.0. The van der Waals surface area contributed by atoms with Crippen molar-refractivity contribution < 1.29 is 13.9 Å². The smallest absolute Gasteiger partial charge is 0.405 e. The molecule has 2 atom stereocenters. The van der Waals surface area contributed by atoms with Gasteiger partial charge in [0, 0.05) is 17.0 Å². The number of carbonyl (C=O) groups is 1. The van der Waals surface area contributed by atoms with Gasteiger partial charge in [0.25, 0.3) is 0 Å². The zero-order valence-electron chi connectivity index (χ0n) is 19.7. The molecular weight excluding hydrogens is 426 g/mol. The summed E-state index contributed by atoms with van der Waals surface area (Å²) in [6.07, 6.45) is 2.58. The van der Waals surface area contributed by atoms with Crippen LogP contribution in [-0.4, -0.2) is 11.1 Å². The van der Waals surface area contributed by atoms with Gasteiger partial charge in [-0.2, -0.15) is 0 Å². The van der Waals surface area contributed by atoms with Crippen molar-refractivity contribution in [2.24, 2.45) is 17.1 Å². The molecule has 2 unspecified atom stereocenters. The maximum absolute atomic E-state index is 11.8. The van der Waals surface area contributed by atoms with E-state index in [1.54, 1.807) is 6.20 Å². The van der Waals surface area contributed by atoms with Gasteiger partial charge in [0.05, 0.1) is 17.3 Å². The lowest BCUT2D eigenvalue weighted by Gasteiger charge is -2.54. The fourth-order valence-corrected chi connectivity index (χ4v) is 5.39. The van der Waals surface area contributed by atoms with Crippen molar-refractivity contribution in [2.75, 3.05) is 5.73 Å². The average Bonchev–Trinajstić information content (AvgIpc) is 3.14. The first-order valence-electron chi connectivity index (χ1n) is 11.5. The number of fused-ring (bicyclic) bond motifs is 1. The van der Waals surface area contributed by atoms with Gasteiger partial charge >= 0.3 is 6.09 Å². The summed E-state index contributed by atoms with van der Waals surface area (Å²) in [7, 11) is 0. The minimum atomic E-state index is -0.745. The first-order chi connectivity index (χ1) is 16.2. The van der Waals surface area contributed by atoms with E-state index < -0.39 is 11.7 Å². The Morgan fingerprint density at radius 1 is 1.09 bits per heavy atom. The molecular formula is C28H29N3O3. The molecule has 4 aromatic rings. The molecule has 2 aromatic carbocycles. The van der Waals surface area contributed by atoms with Gasteiger partial charge in [-0.1, -0.05) is 75.4 Å². The Morgan fingerprint density at radius 3 is 2.38 bits per heavy atom. The average molecular weight is 456 g/mol. The Kier molecular flexibility index (Phi) is 5.12. The predicted molar refractivity (Wildman–Crippen MR) is 134 cm³/mol. The van der Waals surface area contributed by atoms with Crippen molar-refractivity contribution in [2.45, 2.75) is 39.2 Å². The lowest BCUT2D eigenvalue weighted by molar-refractivity contribution is -0.144. The summed E-state index contributed by atoms with van der Waals surface area (Å²) in [4.78, 5) is 16.2. The minimum absolute atomic E-state index is 0.0306. The number of nitrogens with two attached hydrogens (primary N) is 2. The number of hydrogen-bond donors (Lipinski definition) is 2. The number of nitrogen functional groups attached to an aromatic ring is 1. The standard InChI is InChI=1S/C28H29N3O3/c1-27(2,3)22-13-14-28(22,34-26(30)32)19-11-9-18(10-12-19)24-23(17-7-5-4-6-8-17)21-15-20(29)16-31-25(21)33-24/h4-12,15-16,22H,13-14,29H2,1-3H3,(H2,30,32). The van der Waals surface area contributed by atoms with E-state index in [2.05, 4.69) is 25.8 Å². The molecule has 0 bridgehead atoms. The SMILES string of the molecule is CC(C)(C)C1CCC1(OC(N)=O)c1ccc(-c2oc3ncc(N)cc3c2-c2ccccc2)cc1. The monoisotopic (exact) mass is 455 g/mol. The summed E-state index contributed by atoms with van der Waals surface area (Å²) in [6, 6.07) is 20.0. The van der Waals surface area contributed by atoms with Gasteiger partial charge in [-0.3, -0.25) is 0 Å². The van der Waals surface area contributed by atoms with E-state index >= 15 is 0 Å². The number of rotatable bonds is 4. The number of nitrogens with zero attached hydrogens (tertiary/aromatic N) is 1. The van der Waals surface area contributed by atoms with Crippen molar-refractivity contribution >= 4 is 22.9 Å². The van der Waals surface area contributed by atoms with Crippen molar-refractivity contribution in [1.29, 1.82) is 0 Å². The molecule has 4 N–H and O–H groups in total. The second-order valence-corrected chi connectivity index (χ2v) is 10.1. The van der Waals surface area contributed by atoms with Gasteiger partial charge in [-0.15, -0.1) is 0 Å².